The first-order valence-corrected chi connectivity index (χ1v) is 9.83. The lowest BCUT2D eigenvalue weighted by atomic mass is 10.1. The molecule has 160 valence electrons. The molecule has 8 heteroatoms. The van der Waals surface area contributed by atoms with Crippen LogP contribution >= 0.6 is 11.6 Å². The normalized spacial score (nSPS) is 10.5. The zero-order valence-electron chi connectivity index (χ0n) is 17.2. The molecule has 0 saturated carbocycles. The maximum Gasteiger partial charge on any atom is 0.355 e. The van der Waals surface area contributed by atoms with E-state index in [1.54, 1.807) is 38.1 Å². The van der Waals surface area contributed by atoms with E-state index in [0.717, 1.165) is 0 Å². The molecule has 2 aromatic carbocycles. The SMILES string of the molecule is CC(=O)c1c(C)[nH]c(C(=O)OCC(=O)Nc2cc(Cl)ccc2Oc2ccccc2)c1C. The number of hydrogen-bond acceptors (Lipinski definition) is 5. The van der Waals surface area contributed by atoms with E-state index >= 15 is 0 Å². The van der Waals surface area contributed by atoms with Gasteiger partial charge in [0, 0.05) is 16.3 Å². The van der Waals surface area contributed by atoms with Gasteiger partial charge in [-0.25, -0.2) is 4.79 Å². The first-order valence-electron chi connectivity index (χ1n) is 9.45. The number of hydrogen-bond donors (Lipinski definition) is 2. The van der Waals surface area contributed by atoms with Crippen LogP contribution in [0.1, 0.15) is 39.0 Å². The molecule has 0 saturated heterocycles. The van der Waals surface area contributed by atoms with Crippen LogP contribution in [0.15, 0.2) is 48.5 Å². The third-order valence-corrected chi connectivity index (χ3v) is 4.75. The number of carbonyl (C=O) groups is 3. The van der Waals surface area contributed by atoms with Gasteiger partial charge in [0.15, 0.2) is 18.1 Å². The number of ketones is 1. The van der Waals surface area contributed by atoms with Gasteiger partial charge in [0.05, 0.1) is 5.69 Å². The zero-order valence-corrected chi connectivity index (χ0v) is 18.0. The summed E-state index contributed by atoms with van der Waals surface area (Å²) in [6.45, 7) is 4.24. The second-order valence-electron chi connectivity index (χ2n) is 6.86. The van der Waals surface area contributed by atoms with E-state index in [1.807, 2.05) is 18.2 Å². The summed E-state index contributed by atoms with van der Waals surface area (Å²) in [5, 5.41) is 3.04. The first-order chi connectivity index (χ1) is 14.8. The number of benzene rings is 2. The average molecular weight is 441 g/mol. The van der Waals surface area contributed by atoms with Crippen LogP contribution < -0.4 is 10.1 Å². The van der Waals surface area contributed by atoms with Crippen molar-refractivity contribution in [1.29, 1.82) is 0 Å². The van der Waals surface area contributed by atoms with Crippen molar-refractivity contribution in [2.75, 3.05) is 11.9 Å². The number of H-pyrrole nitrogens is 1. The monoisotopic (exact) mass is 440 g/mol. The maximum absolute atomic E-state index is 12.4. The number of para-hydroxylation sites is 1. The van der Waals surface area contributed by atoms with Crippen LogP contribution in [-0.2, 0) is 9.53 Å². The van der Waals surface area contributed by atoms with Gasteiger partial charge in [0.2, 0.25) is 0 Å². The minimum absolute atomic E-state index is 0.145. The van der Waals surface area contributed by atoms with Gasteiger partial charge in [-0.05, 0) is 56.7 Å². The fourth-order valence-corrected chi connectivity index (χ4v) is 3.35. The molecule has 0 unspecified atom stereocenters. The Hall–Kier alpha value is -3.58. The Balaban J connectivity index is 1.67. The molecule has 2 N–H and O–H groups in total. The fraction of sp³-hybridized carbons (Fsp3) is 0.174. The molecule has 0 aliphatic rings. The number of carbonyl (C=O) groups excluding carboxylic acids is 3. The molecule has 0 bridgehead atoms. The first kappa shape index (κ1) is 22.1. The highest BCUT2D eigenvalue weighted by Gasteiger charge is 2.21. The van der Waals surface area contributed by atoms with Gasteiger partial charge in [-0.1, -0.05) is 29.8 Å². The maximum atomic E-state index is 12.4. The largest absolute Gasteiger partial charge is 0.455 e. The van der Waals surface area contributed by atoms with Crippen molar-refractivity contribution in [2.45, 2.75) is 20.8 Å². The van der Waals surface area contributed by atoms with Gasteiger partial charge in [0.1, 0.15) is 11.4 Å². The van der Waals surface area contributed by atoms with Gasteiger partial charge in [0.25, 0.3) is 5.91 Å². The molecular formula is C23H21ClN2O5. The molecule has 3 aromatic rings. The summed E-state index contributed by atoms with van der Waals surface area (Å²) in [5.41, 5.74) is 1.99. The van der Waals surface area contributed by atoms with Gasteiger partial charge in [-0.15, -0.1) is 0 Å². The number of anilines is 1. The molecule has 7 nitrogen and oxygen atoms in total. The van der Waals surface area contributed by atoms with E-state index in [4.69, 9.17) is 21.1 Å². The fourth-order valence-electron chi connectivity index (χ4n) is 3.18. The van der Waals surface area contributed by atoms with Crippen LogP contribution in [-0.4, -0.2) is 29.3 Å². The lowest BCUT2D eigenvalue weighted by Crippen LogP contribution is -2.21. The number of aromatic nitrogens is 1. The van der Waals surface area contributed by atoms with Crippen molar-refractivity contribution < 1.29 is 23.9 Å². The van der Waals surface area contributed by atoms with Crippen LogP contribution in [0.5, 0.6) is 11.5 Å². The van der Waals surface area contributed by atoms with E-state index < -0.39 is 18.5 Å². The molecule has 0 aliphatic carbocycles. The number of Topliss-reactive ketones (excluding diaryl/α,β-unsaturated/α-hetero) is 1. The Morgan fingerprint density at radius 1 is 1.06 bits per heavy atom. The van der Waals surface area contributed by atoms with Gasteiger partial charge in [-0.2, -0.15) is 0 Å². The molecule has 0 radical (unpaired) electrons. The third kappa shape index (κ3) is 5.32. The van der Waals surface area contributed by atoms with E-state index in [-0.39, 0.29) is 11.5 Å². The van der Waals surface area contributed by atoms with E-state index in [2.05, 4.69) is 10.3 Å². The van der Waals surface area contributed by atoms with E-state index in [9.17, 15) is 14.4 Å². The summed E-state index contributed by atoms with van der Waals surface area (Å²) in [5.74, 6) is -0.478. The van der Waals surface area contributed by atoms with Crippen molar-refractivity contribution in [3.05, 3.63) is 76.1 Å². The predicted octanol–water partition coefficient (Wildman–Crippen LogP) is 5.08. The van der Waals surface area contributed by atoms with Gasteiger partial charge >= 0.3 is 5.97 Å². The number of nitrogens with one attached hydrogen (secondary N) is 2. The number of halogens is 1. The summed E-state index contributed by atoms with van der Waals surface area (Å²) in [7, 11) is 0. The molecule has 1 aromatic heterocycles. The Labute approximate surface area is 184 Å². The lowest BCUT2D eigenvalue weighted by Gasteiger charge is -2.13. The Morgan fingerprint density at radius 2 is 1.77 bits per heavy atom. The van der Waals surface area contributed by atoms with Crippen molar-refractivity contribution in [1.82, 2.24) is 4.98 Å². The van der Waals surface area contributed by atoms with Crippen LogP contribution in [0.4, 0.5) is 5.69 Å². The number of amides is 1. The van der Waals surface area contributed by atoms with Crippen LogP contribution in [0.25, 0.3) is 0 Å². The van der Waals surface area contributed by atoms with Crippen molar-refractivity contribution >= 4 is 34.9 Å². The smallest absolute Gasteiger partial charge is 0.355 e. The molecule has 1 amide bonds. The molecule has 0 spiro atoms. The summed E-state index contributed by atoms with van der Waals surface area (Å²) < 4.78 is 10.9. The number of esters is 1. The molecular weight excluding hydrogens is 420 g/mol. The minimum atomic E-state index is -0.727. The second-order valence-corrected chi connectivity index (χ2v) is 7.30. The Kier molecular flexibility index (Phi) is 6.77. The minimum Gasteiger partial charge on any atom is -0.455 e. The summed E-state index contributed by atoms with van der Waals surface area (Å²) >= 11 is 6.05. The quantitative estimate of drug-likeness (QED) is 0.394. The molecule has 3 rings (SSSR count). The van der Waals surface area contributed by atoms with Crippen molar-refractivity contribution in [3.63, 3.8) is 0 Å². The molecule has 0 fully saturated rings. The van der Waals surface area contributed by atoms with Crippen molar-refractivity contribution in [3.8, 4) is 11.5 Å². The lowest BCUT2D eigenvalue weighted by molar-refractivity contribution is -0.119. The summed E-state index contributed by atoms with van der Waals surface area (Å²) in [4.78, 5) is 39.3. The molecule has 1 heterocycles. The van der Waals surface area contributed by atoms with E-state index in [0.29, 0.717) is 39.0 Å². The standard InChI is InChI=1S/C23H21ClN2O5/c1-13-21(15(3)27)14(2)25-22(13)23(29)30-12-20(28)26-18-11-16(24)9-10-19(18)31-17-7-5-4-6-8-17/h4-11,25H,12H2,1-3H3,(H,26,28). The Bertz CT molecular complexity index is 1140. The molecule has 31 heavy (non-hydrogen) atoms. The number of aryl methyl sites for hydroxylation is 1. The van der Waals surface area contributed by atoms with Gasteiger partial charge in [-0.3, -0.25) is 9.59 Å². The summed E-state index contributed by atoms with van der Waals surface area (Å²) in [6.07, 6.45) is 0. The summed E-state index contributed by atoms with van der Waals surface area (Å²) in [6, 6.07) is 13.9. The highest BCUT2D eigenvalue weighted by atomic mass is 35.5. The van der Waals surface area contributed by atoms with E-state index in [1.165, 1.54) is 13.0 Å². The topological polar surface area (TPSA) is 97.5 Å². The molecule has 0 atom stereocenters. The van der Waals surface area contributed by atoms with Crippen LogP contribution in [0.2, 0.25) is 5.02 Å². The Morgan fingerprint density at radius 3 is 2.42 bits per heavy atom. The number of ether oxygens (including phenoxy) is 2. The average Bonchev–Trinajstić information content (AvgIpc) is 3.03. The third-order valence-electron chi connectivity index (χ3n) is 4.51. The van der Waals surface area contributed by atoms with Crippen LogP contribution in [0.3, 0.4) is 0 Å². The highest BCUT2D eigenvalue weighted by Crippen LogP contribution is 2.32. The highest BCUT2D eigenvalue weighted by molar-refractivity contribution is 6.31. The zero-order chi connectivity index (χ0) is 22.5. The van der Waals surface area contributed by atoms with Crippen LogP contribution in [0, 0.1) is 13.8 Å². The van der Waals surface area contributed by atoms with Gasteiger partial charge < -0.3 is 19.8 Å². The molecule has 0 aliphatic heterocycles. The number of aromatic amines is 1. The van der Waals surface area contributed by atoms with Crippen molar-refractivity contribution in [2.24, 2.45) is 0 Å². The number of rotatable bonds is 7. The predicted molar refractivity (Wildman–Crippen MR) is 117 cm³/mol. The second kappa shape index (κ2) is 9.49.